The smallest absolute Gasteiger partial charge is 0.161 e. The number of unbranched alkanes of at least 4 members (excludes halogenated alkanes) is 2. The van der Waals surface area contributed by atoms with Gasteiger partial charge in [-0.2, -0.15) is 0 Å². The van der Waals surface area contributed by atoms with E-state index in [-0.39, 0.29) is 0 Å². The molecule has 0 aliphatic carbocycles. The Balaban J connectivity index is 2.67. The van der Waals surface area contributed by atoms with E-state index < -0.39 is 0 Å². The summed E-state index contributed by atoms with van der Waals surface area (Å²) in [5.74, 6) is 1.66. The lowest BCUT2D eigenvalue weighted by Gasteiger charge is -2.16. The second-order valence-electron chi connectivity index (χ2n) is 4.75. The Bertz CT molecular complexity index is 366. The zero-order chi connectivity index (χ0) is 14.1. The molecule has 0 aliphatic heterocycles. The third-order valence-electron chi connectivity index (χ3n) is 3.20. The number of hydrogen-bond acceptors (Lipinski definition) is 3. The molecule has 1 unspecified atom stereocenters. The van der Waals surface area contributed by atoms with Crippen molar-refractivity contribution in [3.8, 4) is 11.5 Å². The molecule has 1 aromatic carbocycles. The Labute approximate surface area is 117 Å². The van der Waals surface area contributed by atoms with Crippen molar-refractivity contribution in [3.63, 3.8) is 0 Å². The zero-order valence-electron chi connectivity index (χ0n) is 12.7. The van der Waals surface area contributed by atoms with Crippen LogP contribution in [0, 0.1) is 0 Å². The maximum absolute atomic E-state index is 5.78. The Morgan fingerprint density at radius 3 is 2.58 bits per heavy atom. The summed E-state index contributed by atoms with van der Waals surface area (Å²) < 4.78 is 11.2. The molecule has 1 atom stereocenters. The van der Waals surface area contributed by atoms with Crippen molar-refractivity contribution in [2.45, 2.75) is 46.1 Å². The average Bonchev–Trinajstić information content (AvgIpc) is 2.44. The van der Waals surface area contributed by atoms with Gasteiger partial charge in [0, 0.05) is 6.04 Å². The van der Waals surface area contributed by atoms with Crippen molar-refractivity contribution in [1.29, 1.82) is 0 Å². The molecule has 0 spiro atoms. The van der Waals surface area contributed by atoms with Crippen molar-refractivity contribution < 1.29 is 9.47 Å². The molecule has 0 amide bonds. The molecule has 3 heteroatoms. The Kier molecular flexibility index (Phi) is 7.34. The summed E-state index contributed by atoms with van der Waals surface area (Å²) in [6.07, 6.45) is 3.51. The Morgan fingerprint density at radius 2 is 1.95 bits per heavy atom. The first-order chi connectivity index (χ1) is 9.22. The Morgan fingerprint density at radius 1 is 1.16 bits per heavy atom. The summed E-state index contributed by atoms with van der Waals surface area (Å²) in [4.78, 5) is 0. The number of nitrogens with one attached hydrogen (secondary N) is 1. The molecular weight excluding hydrogens is 238 g/mol. The predicted octanol–water partition coefficient (Wildman–Crippen LogP) is 3.93. The molecule has 0 saturated carbocycles. The quantitative estimate of drug-likeness (QED) is 0.686. The van der Waals surface area contributed by atoms with E-state index in [9.17, 15) is 0 Å². The van der Waals surface area contributed by atoms with Gasteiger partial charge in [-0.25, -0.2) is 0 Å². The second kappa shape index (κ2) is 8.81. The fraction of sp³-hybridized carbons (Fsp3) is 0.625. The normalized spacial score (nSPS) is 12.2. The first-order valence-corrected chi connectivity index (χ1v) is 7.27. The fourth-order valence-corrected chi connectivity index (χ4v) is 2.03. The zero-order valence-corrected chi connectivity index (χ0v) is 12.7. The van der Waals surface area contributed by atoms with E-state index >= 15 is 0 Å². The highest BCUT2D eigenvalue weighted by Crippen LogP contribution is 2.30. The topological polar surface area (TPSA) is 30.5 Å². The van der Waals surface area contributed by atoms with E-state index in [1.807, 2.05) is 6.07 Å². The van der Waals surface area contributed by atoms with E-state index in [0.717, 1.165) is 31.1 Å². The molecular formula is C16H27NO2. The van der Waals surface area contributed by atoms with Crippen molar-refractivity contribution in [1.82, 2.24) is 5.32 Å². The van der Waals surface area contributed by atoms with Gasteiger partial charge in [0.1, 0.15) is 0 Å². The van der Waals surface area contributed by atoms with Gasteiger partial charge in [-0.05, 0) is 37.6 Å². The monoisotopic (exact) mass is 265 g/mol. The van der Waals surface area contributed by atoms with E-state index in [1.54, 1.807) is 7.11 Å². The summed E-state index contributed by atoms with van der Waals surface area (Å²) in [5.41, 5.74) is 1.22. The van der Waals surface area contributed by atoms with Gasteiger partial charge in [0.2, 0.25) is 0 Å². The minimum Gasteiger partial charge on any atom is -0.493 e. The standard InChI is InChI=1S/C16H27NO2/c1-5-7-8-11-19-15-10-9-14(12-16(15)18-4)13(3)17-6-2/h9-10,12-13,17H,5-8,11H2,1-4H3. The van der Waals surface area contributed by atoms with Crippen molar-refractivity contribution in [2.75, 3.05) is 20.3 Å². The van der Waals surface area contributed by atoms with Crippen LogP contribution in [0.15, 0.2) is 18.2 Å². The molecule has 108 valence electrons. The van der Waals surface area contributed by atoms with Gasteiger partial charge in [-0.1, -0.05) is 32.8 Å². The highest BCUT2D eigenvalue weighted by molar-refractivity contribution is 5.43. The van der Waals surface area contributed by atoms with Crippen molar-refractivity contribution in [2.24, 2.45) is 0 Å². The molecule has 0 saturated heterocycles. The molecule has 1 N–H and O–H groups in total. The van der Waals surface area contributed by atoms with Crippen LogP contribution < -0.4 is 14.8 Å². The molecule has 0 heterocycles. The van der Waals surface area contributed by atoms with Crippen molar-refractivity contribution >= 4 is 0 Å². The summed E-state index contributed by atoms with van der Waals surface area (Å²) in [6.45, 7) is 8.17. The number of ether oxygens (including phenoxy) is 2. The van der Waals surface area contributed by atoms with Gasteiger partial charge in [-0.3, -0.25) is 0 Å². The summed E-state index contributed by atoms with van der Waals surface area (Å²) in [7, 11) is 1.69. The second-order valence-corrected chi connectivity index (χ2v) is 4.75. The van der Waals surface area contributed by atoms with Gasteiger partial charge in [0.05, 0.1) is 13.7 Å². The number of methoxy groups -OCH3 is 1. The van der Waals surface area contributed by atoms with Gasteiger partial charge < -0.3 is 14.8 Å². The molecule has 0 radical (unpaired) electrons. The van der Waals surface area contributed by atoms with Crippen LogP contribution in [0.4, 0.5) is 0 Å². The summed E-state index contributed by atoms with van der Waals surface area (Å²) in [6, 6.07) is 6.49. The van der Waals surface area contributed by atoms with Gasteiger partial charge in [0.15, 0.2) is 11.5 Å². The molecule has 1 aromatic rings. The Hall–Kier alpha value is -1.22. The van der Waals surface area contributed by atoms with Crippen LogP contribution in [0.2, 0.25) is 0 Å². The highest BCUT2D eigenvalue weighted by atomic mass is 16.5. The predicted molar refractivity (Wildman–Crippen MR) is 80.1 cm³/mol. The molecule has 0 fully saturated rings. The third-order valence-corrected chi connectivity index (χ3v) is 3.20. The van der Waals surface area contributed by atoms with Crippen molar-refractivity contribution in [3.05, 3.63) is 23.8 Å². The largest absolute Gasteiger partial charge is 0.493 e. The maximum atomic E-state index is 5.78. The van der Waals surface area contributed by atoms with E-state index in [1.165, 1.54) is 18.4 Å². The number of benzene rings is 1. The molecule has 19 heavy (non-hydrogen) atoms. The van der Waals surface area contributed by atoms with Crippen LogP contribution >= 0.6 is 0 Å². The van der Waals surface area contributed by atoms with Crippen LogP contribution in [0.1, 0.15) is 51.6 Å². The SMILES string of the molecule is CCCCCOc1ccc(C(C)NCC)cc1OC. The lowest BCUT2D eigenvalue weighted by atomic mass is 10.1. The van der Waals surface area contributed by atoms with Gasteiger partial charge in [-0.15, -0.1) is 0 Å². The minimum absolute atomic E-state index is 0.327. The maximum Gasteiger partial charge on any atom is 0.161 e. The molecule has 0 bridgehead atoms. The van der Waals surface area contributed by atoms with Crippen LogP contribution in [0.25, 0.3) is 0 Å². The summed E-state index contributed by atoms with van der Waals surface area (Å²) >= 11 is 0. The van der Waals surface area contributed by atoms with E-state index in [2.05, 4.69) is 38.2 Å². The molecule has 3 nitrogen and oxygen atoms in total. The van der Waals surface area contributed by atoms with Crippen LogP contribution in [0.5, 0.6) is 11.5 Å². The summed E-state index contributed by atoms with van der Waals surface area (Å²) in [5, 5.41) is 3.40. The lowest BCUT2D eigenvalue weighted by Crippen LogP contribution is -2.17. The van der Waals surface area contributed by atoms with E-state index in [4.69, 9.17) is 9.47 Å². The highest BCUT2D eigenvalue weighted by Gasteiger charge is 2.09. The van der Waals surface area contributed by atoms with E-state index in [0.29, 0.717) is 6.04 Å². The molecule has 1 rings (SSSR count). The first kappa shape index (κ1) is 15.8. The van der Waals surface area contributed by atoms with Crippen LogP contribution in [-0.4, -0.2) is 20.3 Å². The van der Waals surface area contributed by atoms with Crippen LogP contribution in [-0.2, 0) is 0 Å². The van der Waals surface area contributed by atoms with Crippen LogP contribution in [0.3, 0.4) is 0 Å². The fourth-order valence-electron chi connectivity index (χ4n) is 2.03. The number of rotatable bonds is 9. The third kappa shape index (κ3) is 5.11. The number of hydrogen-bond donors (Lipinski definition) is 1. The average molecular weight is 265 g/mol. The minimum atomic E-state index is 0.327. The van der Waals surface area contributed by atoms with Gasteiger partial charge in [0.25, 0.3) is 0 Å². The first-order valence-electron chi connectivity index (χ1n) is 7.27. The van der Waals surface area contributed by atoms with Gasteiger partial charge >= 0.3 is 0 Å². The molecule has 0 aliphatic rings. The molecule has 0 aromatic heterocycles. The lowest BCUT2D eigenvalue weighted by molar-refractivity contribution is 0.285.